The Morgan fingerprint density at radius 2 is 1.74 bits per heavy atom. The molecule has 110 valence electrons. The van der Waals surface area contributed by atoms with Gasteiger partial charge in [-0.25, -0.2) is 4.98 Å². The Kier molecular flexibility index (Phi) is 3.32. The first-order chi connectivity index (χ1) is 11.3. The number of aromatic nitrogens is 1. The van der Waals surface area contributed by atoms with Crippen LogP contribution in [0.15, 0.2) is 67.3 Å². The molecule has 0 aliphatic rings. The van der Waals surface area contributed by atoms with Crippen LogP contribution < -0.4 is 10.6 Å². The lowest BCUT2D eigenvalue weighted by Gasteiger charge is -2.01. The standard InChI is InChI=1S/C21H15NS/c1-3-6-15-10-12-19(22-14(15)2)16-9-11-18-17-7-4-5-8-20(17)23-21(18)13-16/h3-13H,1-2H2/b15-6-. The van der Waals surface area contributed by atoms with Gasteiger partial charge in [-0.2, -0.15) is 0 Å². The van der Waals surface area contributed by atoms with E-state index >= 15 is 0 Å². The lowest BCUT2D eigenvalue weighted by Crippen LogP contribution is -2.26. The van der Waals surface area contributed by atoms with Gasteiger partial charge < -0.3 is 0 Å². The second-order valence-corrected chi connectivity index (χ2v) is 6.53. The Bertz CT molecular complexity index is 1150. The molecule has 4 aromatic rings. The van der Waals surface area contributed by atoms with Crippen LogP contribution in [0.2, 0.25) is 0 Å². The number of hydrogen-bond acceptors (Lipinski definition) is 2. The van der Waals surface area contributed by atoms with Crippen molar-refractivity contribution in [3.8, 4) is 11.3 Å². The Labute approximate surface area is 138 Å². The normalized spacial score (nSPS) is 12.1. The fraction of sp³-hybridized carbons (Fsp3) is 0. The first-order valence-corrected chi connectivity index (χ1v) is 8.28. The summed E-state index contributed by atoms with van der Waals surface area (Å²) in [6, 6.07) is 19.2. The summed E-state index contributed by atoms with van der Waals surface area (Å²) in [7, 11) is 0. The summed E-state index contributed by atoms with van der Waals surface area (Å²) in [6.07, 6.45) is 3.68. The molecule has 0 saturated carbocycles. The monoisotopic (exact) mass is 313 g/mol. The molecule has 2 heteroatoms. The number of pyridine rings is 1. The molecule has 0 aliphatic heterocycles. The minimum Gasteiger partial charge on any atom is -0.248 e. The van der Waals surface area contributed by atoms with Crippen molar-refractivity contribution in [2.24, 2.45) is 0 Å². The van der Waals surface area contributed by atoms with E-state index in [1.165, 1.54) is 20.2 Å². The Balaban J connectivity index is 1.91. The molecule has 0 aliphatic carbocycles. The zero-order chi connectivity index (χ0) is 15.8. The van der Waals surface area contributed by atoms with Crippen molar-refractivity contribution in [1.82, 2.24) is 4.98 Å². The molecule has 0 amide bonds. The number of nitrogens with zero attached hydrogens (tertiary/aromatic N) is 1. The predicted molar refractivity (Wildman–Crippen MR) is 102 cm³/mol. The molecule has 4 rings (SSSR count). The topological polar surface area (TPSA) is 12.9 Å². The van der Waals surface area contributed by atoms with Gasteiger partial charge in [0, 0.05) is 25.7 Å². The Morgan fingerprint density at radius 1 is 0.913 bits per heavy atom. The van der Waals surface area contributed by atoms with Crippen molar-refractivity contribution in [2.45, 2.75) is 0 Å². The quantitative estimate of drug-likeness (QED) is 0.531. The Hall–Kier alpha value is -2.71. The van der Waals surface area contributed by atoms with Crippen molar-refractivity contribution in [1.29, 1.82) is 0 Å². The van der Waals surface area contributed by atoms with E-state index in [-0.39, 0.29) is 0 Å². The van der Waals surface area contributed by atoms with Crippen LogP contribution in [-0.4, -0.2) is 4.98 Å². The van der Waals surface area contributed by atoms with Gasteiger partial charge in [0.2, 0.25) is 0 Å². The van der Waals surface area contributed by atoms with Crippen LogP contribution in [0.3, 0.4) is 0 Å². The summed E-state index contributed by atoms with van der Waals surface area (Å²) in [5, 5.41) is 4.41. The van der Waals surface area contributed by atoms with Crippen molar-refractivity contribution in [3.63, 3.8) is 0 Å². The molecule has 0 fully saturated rings. The zero-order valence-corrected chi connectivity index (χ0v) is 13.4. The van der Waals surface area contributed by atoms with Gasteiger partial charge in [-0.05, 0) is 23.4 Å². The molecule has 2 aromatic heterocycles. The third-order valence-electron chi connectivity index (χ3n) is 3.98. The predicted octanol–water partition coefficient (Wildman–Crippen LogP) is 4.49. The lowest BCUT2D eigenvalue weighted by atomic mass is 10.1. The number of hydrogen-bond donors (Lipinski definition) is 0. The van der Waals surface area contributed by atoms with Gasteiger partial charge in [-0.3, -0.25) is 0 Å². The SMILES string of the molecule is C=C/C=c1/ccc(-c2ccc3c(c2)sc2ccccc23)nc1=C. The van der Waals surface area contributed by atoms with Gasteiger partial charge >= 0.3 is 0 Å². The molecule has 0 spiro atoms. The molecule has 0 atom stereocenters. The third kappa shape index (κ3) is 2.37. The van der Waals surface area contributed by atoms with Crippen LogP contribution in [0.1, 0.15) is 0 Å². The molecular formula is C21H15NS. The van der Waals surface area contributed by atoms with Gasteiger partial charge in [0.1, 0.15) is 0 Å². The molecule has 0 radical (unpaired) electrons. The van der Waals surface area contributed by atoms with Gasteiger partial charge in [-0.1, -0.05) is 61.7 Å². The van der Waals surface area contributed by atoms with E-state index < -0.39 is 0 Å². The smallest absolute Gasteiger partial charge is 0.0709 e. The van der Waals surface area contributed by atoms with E-state index in [2.05, 4.69) is 60.6 Å². The van der Waals surface area contributed by atoms with E-state index in [1.54, 1.807) is 6.08 Å². The fourth-order valence-electron chi connectivity index (χ4n) is 2.84. The molecule has 0 bridgehead atoms. The van der Waals surface area contributed by atoms with Crippen LogP contribution >= 0.6 is 11.3 Å². The first-order valence-electron chi connectivity index (χ1n) is 7.47. The number of thiophene rings is 1. The van der Waals surface area contributed by atoms with E-state index in [1.807, 2.05) is 29.5 Å². The maximum atomic E-state index is 4.64. The van der Waals surface area contributed by atoms with E-state index in [0.717, 1.165) is 21.8 Å². The molecule has 0 saturated heterocycles. The molecule has 2 heterocycles. The second-order valence-electron chi connectivity index (χ2n) is 5.44. The lowest BCUT2D eigenvalue weighted by molar-refractivity contribution is 1.23. The number of benzene rings is 2. The van der Waals surface area contributed by atoms with Gasteiger partial charge in [0.25, 0.3) is 0 Å². The zero-order valence-electron chi connectivity index (χ0n) is 12.6. The molecule has 2 aromatic carbocycles. The average Bonchev–Trinajstić information content (AvgIpc) is 2.94. The van der Waals surface area contributed by atoms with Crippen molar-refractivity contribution in [3.05, 3.63) is 77.8 Å². The summed E-state index contributed by atoms with van der Waals surface area (Å²) < 4.78 is 2.61. The fourth-order valence-corrected chi connectivity index (χ4v) is 3.98. The molecule has 23 heavy (non-hydrogen) atoms. The van der Waals surface area contributed by atoms with Crippen molar-refractivity contribution >= 4 is 44.2 Å². The van der Waals surface area contributed by atoms with Gasteiger partial charge in [-0.15, -0.1) is 11.3 Å². The molecule has 1 nitrogen and oxygen atoms in total. The summed E-state index contributed by atoms with van der Waals surface area (Å²) in [5.74, 6) is 0. The van der Waals surface area contributed by atoms with Crippen LogP contribution in [0, 0.1) is 0 Å². The number of allylic oxidation sites excluding steroid dienone is 1. The largest absolute Gasteiger partial charge is 0.248 e. The minimum absolute atomic E-state index is 0.777. The molecule has 0 unspecified atom stereocenters. The maximum Gasteiger partial charge on any atom is 0.0709 e. The second kappa shape index (κ2) is 5.49. The van der Waals surface area contributed by atoms with Crippen LogP contribution in [0.5, 0.6) is 0 Å². The molecule has 0 N–H and O–H groups in total. The maximum absolute atomic E-state index is 4.64. The summed E-state index contributed by atoms with van der Waals surface area (Å²) in [5.41, 5.74) is 2.08. The first kappa shape index (κ1) is 13.9. The van der Waals surface area contributed by atoms with Gasteiger partial charge in [0.05, 0.1) is 11.0 Å². The summed E-state index contributed by atoms with van der Waals surface area (Å²) in [4.78, 5) is 4.64. The number of fused-ring (bicyclic) bond motifs is 3. The Morgan fingerprint density at radius 3 is 2.57 bits per heavy atom. The highest BCUT2D eigenvalue weighted by Gasteiger charge is 2.06. The highest BCUT2D eigenvalue weighted by Crippen LogP contribution is 2.35. The van der Waals surface area contributed by atoms with Gasteiger partial charge in [0.15, 0.2) is 0 Å². The minimum atomic E-state index is 0.777. The van der Waals surface area contributed by atoms with E-state index in [0.29, 0.717) is 0 Å². The van der Waals surface area contributed by atoms with Crippen molar-refractivity contribution < 1.29 is 0 Å². The number of rotatable bonds is 2. The molecular weight excluding hydrogens is 298 g/mol. The summed E-state index contributed by atoms with van der Waals surface area (Å²) in [6.45, 7) is 7.76. The van der Waals surface area contributed by atoms with Crippen LogP contribution in [0.4, 0.5) is 0 Å². The van der Waals surface area contributed by atoms with Crippen LogP contribution in [0.25, 0.3) is 44.1 Å². The third-order valence-corrected chi connectivity index (χ3v) is 5.11. The van der Waals surface area contributed by atoms with Crippen LogP contribution in [-0.2, 0) is 0 Å². The highest BCUT2D eigenvalue weighted by molar-refractivity contribution is 7.25. The van der Waals surface area contributed by atoms with E-state index in [4.69, 9.17) is 0 Å². The highest BCUT2D eigenvalue weighted by atomic mass is 32.1. The van der Waals surface area contributed by atoms with E-state index in [9.17, 15) is 0 Å². The summed E-state index contributed by atoms with van der Waals surface area (Å²) >= 11 is 1.82. The van der Waals surface area contributed by atoms with Crippen molar-refractivity contribution in [2.75, 3.05) is 0 Å². The average molecular weight is 313 g/mol.